The van der Waals surface area contributed by atoms with Crippen LogP contribution in [0.5, 0.6) is 0 Å². The fourth-order valence-corrected chi connectivity index (χ4v) is 2.28. The molecule has 18 heavy (non-hydrogen) atoms. The summed E-state index contributed by atoms with van der Waals surface area (Å²) in [5.74, 6) is 2.26. The first-order valence-corrected chi connectivity index (χ1v) is 6.49. The van der Waals surface area contributed by atoms with E-state index in [1.54, 1.807) is 0 Å². The average Bonchev–Trinajstić information content (AvgIpc) is 3.10. The minimum Gasteiger partial charge on any atom is -0.324 e. The Morgan fingerprint density at radius 1 is 1.44 bits per heavy atom. The fourth-order valence-electron chi connectivity index (χ4n) is 2.06. The SMILES string of the molecule is Cc1cc(Cl)ccc1-n1nc(C2CC2)nc1CN. The molecule has 0 bridgehead atoms. The van der Waals surface area contributed by atoms with E-state index in [-0.39, 0.29) is 0 Å². The van der Waals surface area contributed by atoms with Gasteiger partial charge in [-0.15, -0.1) is 0 Å². The highest BCUT2D eigenvalue weighted by Gasteiger charge is 2.29. The third-order valence-corrected chi connectivity index (χ3v) is 3.44. The molecule has 1 aliphatic rings. The van der Waals surface area contributed by atoms with Gasteiger partial charge < -0.3 is 5.73 Å². The van der Waals surface area contributed by atoms with Gasteiger partial charge in [-0.2, -0.15) is 5.10 Å². The van der Waals surface area contributed by atoms with E-state index < -0.39 is 0 Å². The Morgan fingerprint density at radius 3 is 2.83 bits per heavy atom. The van der Waals surface area contributed by atoms with Gasteiger partial charge in [0, 0.05) is 10.9 Å². The normalized spacial score (nSPS) is 15.1. The summed E-state index contributed by atoms with van der Waals surface area (Å²) in [4.78, 5) is 4.52. The van der Waals surface area contributed by atoms with Crippen LogP contribution >= 0.6 is 11.6 Å². The zero-order chi connectivity index (χ0) is 12.7. The molecule has 0 atom stereocenters. The summed E-state index contributed by atoms with van der Waals surface area (Å²) in [7, 11) is 0. The highest BCUT2D eigenvalue weighted by Crippen LogP contribution is 2.38. The first kappa shape index (κ1) is 11.7. The van der Waals surface area contributed by atoms with Crippen LogP contribution in [0.25, 0.3) is 5.69 Å². The molecule has 94 valence electrons. The summed E-state index contributed by atoms with van der Waals surface area (Å²) >= 11 is 5.97. The van der Waals surface area contributed by atoms with E-state index in [0.29, 0.717) is 12.5 Å². The summed E-state index contributed by atoms with van der Waals surface area (Å²) < 4.78 is 1.85. The van der Waals surface area contributed by atoms with Crippen molar-refractivity contribution in [3.05, 3.63) is 40.4 Å². The lowest BCUT2D eigenvalue weighted by Gasteiger charge is -2.08. The maximum absolute atomic E-state index is 5.97. The third kappa shape index (κ3) is 2.02. The van der Waals surface area contributed by atoms with Crippen LogP contribution in [0, 0.1) is 6.92 Å². The van der Waals surface area contributed by atoms with Gasteiger partial charge in [0.05, 0.1) is 12.2 Å². The molecule has 0 amide bonds. The van der Waals surface area contributed by atoms with E-state index in [1.165, 1.54) is 12.8 Å². The molecular formula is C13H15ClN4. The number of nitrogens with two attached hydrogens (primary N) is 1. The van der Waals surface area contributed by atoms with Gasteiger partial charge >= 0.3 is 0 Å². The Labute approximate surface area is 111 Å². The number of aryl methyl sites for hydroxylation is 1. The van der Waals surface area contributed by atoms with Crippen LogP contribution in [0.3, 0.4) is 0 Å². The van der Waals surface area contributed by atoms with Crippen LogP contribution < -0.4 is 5.73 Å². The molecule has 0 saturated heterocycles. The molecule has 2 aromatic rings. The van der Waals surface area contributed by atoms with Gasteiger partial charge in [0.25, 0.3) is 0 Å². The molecule has 0 radical (unpaired) electrons. The number of rotatable bonds is 3. The van der Waals surface area contributed by atoms with Crippen LogP contribution in [0.4, 0.5) is 0 Å². The average molecular weight is 263 g/mol. The topological polar surface area (TPSA) is 56.7 Å². The zero-order valence-corrected chi connectivity index (χ0v) is 11.0. The van der Waals surface area contributed by atoms with Crippen molar-refractivity contribution in [3.63, 3.8) is 0 Å². The lowest BCUT2D eigenvalue weighted by atomic mass is 10.2. The Kier molecular flexibility index (Phi) is 2.84. The Balaban J connectivity index is 2.09. The molecular weight excluding hydrogens is 248 g/mol. The minimum absolute atomic E-state index is 0.391. The van der Waals surface area contributed by atoms with Crippen molar-refractivity contribution < 1.29 is 0 Å². The summed E-state index contributed by atoms with van der Waals surface area (Å²) in [6, 6.07) is 5.75. The lowest BCUT2D eigenvalue weighted by molar-refractivity contribution is 0.776. The second-order valence-corrected chi connectivity index (χ2v) is 5.14. The summed E-state index contributed by atoms with van der Waals surface area (Å²) in [5.41, 5.74) is 7.83. The quantitative estimate of drug-likeness (QED) is 0.925. The predicted octanol–water partition coefficient (Wildman–Crippen LogP) is 2.57. The molecule has 2 N–H and O–H groups in total. The van der Waals surface area contributed by atoms with E-state index in [9.17, 15) is 0 Å². The largest absolute Gasteiger partial charge is 0.324 e. The standard InChI is InChI=1S/C13H15ClN4/c1-8-6-10(14)4-5-11(8)18-12(7-15)16-13(17-18)9-2-3-9/h4-6,9H,2-3,7,15H2,1H3. The van der Waals surface area contributed by atoms with Crippen LogP contribution in [-0.2, 0) is 6.54 Å². The first-order chi connectivity index (χ1) is 8.69. The summed E-state index contributed by atoms with van der Waals surface area (Å²) in [6.45, 7) is 2.40. The molecule has 1 aromatic carbocycles. The number of nitrogens with zero attached hydrogens (tertiary/aromatic N) is 3. The van der Waals surface area contributed by atoms with E-state index in [1.807, 2.05) is 29.8 Å². The predicted molar refractivity (Wildman–Crippen MR) is 71.0 cm³/mol. The maximum Gasteiger partial charge on any atom is 0.154 e. The van der Waals surface area contributed by atoms with Gasteiger partial charge in [-0.05, 0) is 43.5 Å². The van der Waals surface area contributed by atoms with Crippen LogP contribution in [0.15, 0.2) is 18.2 Å². The van der Waals surface area contributed by atoms with Crippen LogP contribution in [-0.4, -0.2) is 14.8 Å². The molecule has 3 rings (SSSR count). The number of benzene rings is 1. The van der Waals surface area contributed by atoms with Crippen molar-refractivity contribution in [2.24, 2.45) is 5.73 Å². The Hall–Kier alpha value is -1.39. The van der Waals surface area contributed by atoms with Crippen molar-refractivity contribution in [3.8, 4) is 5.69 Å². The van der Waals surface area contributed by atoms with Crippen molar-refractivity contribution >= 4 is 11.6 Å². The maximum atomic E-state index is 5.97. The second-order valence-electron chi connectivity index (χ2n) is 4.71. The smallest absolute Gasteiger partial charge is 0.154 e. The van der Waals surface area contributed by atoms with Gasteiger partial charge in [-0.3, -0.25) is 0 Å². The molecule has 4 nitrogen and oxygen atoms in total. The van der Waals surface area contributed by atoms with Crippen molar-refractivity contribution in [2.45, 2.75) is 32.2 Å². The van der Waals surface area contributed by atoms with Crippen LogP contribution in [0.1, 0.15) is 36.0 Å². The van der Waals surface area contributed by atoms with Gasteiger partial charge in [0.15, 0.2) is 5.82 Å². The first-order valence-electron chi connectivity index (χ1n) is 6.11. The Bertz CT molecular complexity index is 587. The highest BCUT2D eigenvalue weighted by molar-refractivity contribution is 6.30. The number of hydrogen-bond donors (Lipinski definition) is 1. The molecule has 1 saturated carbocycles. The fraction of sp³-hybridized carbons (Fsp3) is 0.385. The van der Waals surface area contributed by atoms with E-state index in [2.05, 4.69) is 10.1 Å². The third-order valence-electron chi connectivity index (χ3n) is 3.20. The molecule has 1 aliphatic carbocycles. The molecule has 1 heterocycles. The summed E-state index contributed by atoms with van der Waals surface area (Å²) in [5, 5.41) is 5.32. The van der Waals surface area contributed by atoms with Gasteiger partial charge in [0.1, 0.15) is 5.82 Å². The molecule has 1 aromatic heterocycles. The van der Waals surface area contributed by atoms with Gasteiger partial charge in [0.2, 0.25) is 0 Å². The van der Waals surface area contributed by atoms with Crippen molar-refractivity contribution in [1.82, 2.24) is 14.8 Å². The molecule has 5 heteroatoms. The van der Waals surface area contributed by atoms with E-state index in [4.69, 9.17) is 17.3 Å². The van der Waals surface area contributed by atoms with Gasteiger partial charge in [-0.25, -0.2) is 9.67 Å². The number of aromatic nitrogens is 3. The van der Waals surface area contributed by atoms with Crippen molar-refractivity contribution in [1.29, 1.82) is 0 Å². The number of hydrogen-bond acceptors (Lipinski definition) is 3. The lowest BCUT2D eigenvalue weighted by Crippen LogP contribution is -2.09. The Morgan fingerprint density at radius 2 is 2.22 bits per heavy atom. The van der Waals surface area contributed by atoms with Gasteiger partial charge in [-0.1, -0.05) is 11.6 Å². The zero-order valence-electron chi connectivity index (χ0n) is 10.2. The monoisotopic (exact) mass is 262 g/mol. The molecule has 0 unspecified atom stereocenters. The molecule has 0 spiro atoms. The number of halogens is 1. The molecule has 0 aliphatic heterocycles. The summed E-state index contributed by atoms with van der Waals surface area (Å²) in [6.07, 6.45) is 2.38. The second kappa shape index (κ2) is 4.37. The minimum atomic E-state index is 0.391. The molecule has 1 fully saturated rings. The van der Waals surface area contributed by atoms with E-state index >= 15 is 0 Å². The highest BCUT2D eigenvalue weighted by atomic mass is 35.5. The van der Waals surface area contributed by atoms with E-state index in [0.717, 1.165) is 27.9 Å². The van der Waals surface area contributed by atoms with Crippen LogP contribution in [0.2, 0.25) is 5.02 Å². The van der Waals surface area contributed by atoms with Crippen molar-refractivity contribution in [2.75, 3.05) is 0 Å².